The van der Waals surface area contributed by atoms with Gasteiger partial charge in [-0.25, -0.2) is 0 Å². The topological polar surface area (TPSA) is 60.7 Å². The van der Waals surface area contributed by atoms with Gasteiger partial charge in [0, 0.05) is 10.0 Å². The first kappa shape index (κ1) is 22.9. The maximum Gasteiger partial charge on any atom is 0.224 e. The van der Waals surface area contributed by atoms with Crippen LogP contribution in [0.2, 0.25) is 0 Å². The molecule has 0 spiro atoms. The number of ether oxygens (including phenoxy) is 2. The number of halogens is 1. The smallest absolute Gasteiger partial charge is 0.224 e. The molecule has 0 fully saturated rings. The van der Waals surface area contributed by atoms with Crippen LogP contribution >= 0.6 is 15.9 Å². The summed E-state index contributed by atoms with van der Waals surface area (Å²) in [4.78, 5) is 12.8. The molecule has 1 aliphatic carbocycles. The van der Waals surface area contributed by atoms with Gasteiger partial charge in [0.25, 0.3) is 0 Å². The first-order chi connectivity index (χ1) is 15.9. The molecule has 2 aromatic carbocycles. The minimum absolute atomic E-state index is 0.0597. The van der Waals surface area contributed by atoms with E-state index in [4.69, 9.17) is 13.9 Å². The fourth-order valence-electron chi connectivity index (χ4n) is 4.07. The second kappa shape index (κ2) is 9.71. The molecular formula is C27H26BrNO4. The first-order valence-corrected chi connectivity index (χ1v) is 11.4. The van der Waals surface area contributed by atoms with Crippen LogP contribution in [-0.2, 0) is 11.3 Å². The van der Waals surface area contributed by atoms with Crippen LogP contribution in [0, 0.1) is 6.92 Å². The number of rotatable bonds is 7. The van der Waals surface area contributed by atoms with Crippen molar-refractivity contribution < 1.29 is 18.7 Å². The molecule has 0 atom stereocenters. The molecule has 170 valence electrons. The van der Waals surface area contributed by atoms with E-state index in [0.29, 0.717) is 6.54 Å². The van der Waals surface area contributed by atoms with Crippen LogP contribution < -0.4 is 14.8 Å². The van der Waals surface area contributed by atoms with E-state index in [1.165, 1.54) is 0 Å². The molecule has 4 rings (SSSR count). The zero-order chi connectivity index (χ0) is 23.5. The molecule has 0 aliphatic heterocycles. The van der Waals surface area contributed by atoms with E-state index in [9.17, 15) is 4.79 Å². The van der Waals surface area contributed by atoms with Crippen molar-refractivity contribution in [3.8, 4) is 11.5 Å². The van der Waals surface area contributed by atoms with E-state index < -0.39 is 0 Å². The molecule has 1 aromatic heterocycles. The van der Waals surface area contributed by atoms with Crippen LogP contribution in [0.25, 0.3) is 17.2 Å². The summed E-state index contributed by atoms with van der Waals surface area (Å²) < 4.78 is 17.3. The van der Waals surface area contributed by atoms with E-state index in [1.807, 2.05) is 37.3 Å². The molecule has 1 N–H and O–H groups in total. The van der Waals surface area contributed by atoms with Crippen LogP contribution in [0.5, 0.6) is 11.5 Å². The van der Waals surface area contributed by atoms with Crippen LogP contribution in [-0.4, -0.2) is 20.1 Å². The number of hydrogen-bond acceptors (Lipinski definition) is 4. The number of methoxy groups -OCH3 is 2. The van der Waals surface area contributed by atoms with E-state index in [-0.39, 0.29) is 12.3 Å². The van der Waals surface area contributed by atoms with Gasteiger partial charge in [-0.1, -0.05) is 22.0 Å². The predicted octanol–water partition coefficient (Wildman–Crippen LogP) is 6.40. The van der Waals surface area contributed by atoms with Gasteiger partial charge >= 0.3 is 0 Å². The molecule has 1 aliphatic rings. The van der Waals surface area contributed by atoms with Crippen LogP contribution in [0.4, 0.5) is 0 Å². The number of furan rings is 1. The standard InChI is InChI=1S/C27H26BrNO4/c1-16-22(10-18-11-25(28)17(2)26(12-18)32-4)21-8-7-19(31-3)13-24(21)23(16)14-27(30)29-15-20-6-5-9-33-20/h5-13H,14-15H2,1-4H3,(H,29,30)/b22-10-. The summed E-state index contributed by atoms with van der Waals surface area (Å²) in [6.45, 7) is 4.44. The molecule has 1 amide bonds. The lowest BCUT2D eigenvalue weighted by Gasteiger charge is -2.10. The highest BCUT2D eigenvalue weighted by Crippen LogP contribution is 2.45. The monoisotopic (exact) mass is 507 g/mol. The normalized spacial score (nSPS) is 13.9. The van der Waals surface area contributed by atoms with Gasteiger partial charge in [0.2, 0.25) is 5.91 Å². The average Bonchev–Trinajstić information content (AvgIpc) is 3.42. The molecule has 0 saturated heterocycles. The Morgan fingerprint density at radius 2 is 1.91 bits per heavy atom. The summed E-state index contributed by atoms with van der Waals surface area (Å²) in [5.41, 5.74) is 7.31. The second-order valence-electron chi connectivity index (χ2n) is 7.94. The average molecular weight is 508 g/mol. The lowest BCUT2D eigenvalue weighted by Crippen LogP contribution is -2.22. The van der Waals surface area contributed by atoms with Crippen LogP contribution in [0.15, 0.2) is 63.2 Å². The quantitative estimate of drug-likeness (QED) is 0.401. The van der Waals surface area contributed by atoms with Gasteiger partial charge in [-0.3, -0.25) is 4.79 Å². The molecule has 0 radical (unpaired) electrons. The summed E-state index contributed by atoms with van der Waals surface area (Å²) >= 11 is 3.63. The molecule has 1 heterocycles. The van der Waals surface area contributed by atoms with Gasteiger partial charge in [0.15, 0.2) is 0 Å². The number of fused-ring (bicyclic) bond motifs is 1. The van der Waals surface area contributed by atoms with Crippen molar-refractivity contribution in [1.29, 1.82) is 0 Å². The lowest BCUT2D eigenvalue weighted by atomic mass is 10.00. The fraction of sp³-hybridized carbons (Fsp3) is 0.222. The van der Waals surface area contributed by atoms with Crippen molar-refractivity contribution in [2.75, 3.05) is 14.2 Å². The van der Waals surface area contributed by atoms with Gasteiger partial charge in [-0.05, 0) is 89.7 Å². The molecular weight excluding hydrogens is 482 g/mol. The minimum Gasteiger partial charge on any atom is -0.497 e. The molecule has 3 aromatic rings. The van der Waals surface area contributed by atoms with Gasteiger partial charge < -0.3 is 19.2 Å². The maximum absolute atomic E-state index is 12.8. The first-order valence-electron chi connectivity index (χ1n) is 10.6. The van der Waals surface area contributed by atoms with E-state index >= 15 is 0 Å². The number of benzene rings is 2. The highest BCUT2D eigenvalue weighted by Gasteiger charge is 2.26. The molecule has 0 bridgehead atoms. The van der Waals surface area contributed by atoms with Gasteiger partial charge in [0.1, 0.15) is 17.3 Å². The zero-order valence-corrected chi connectivity index (χ0v) is 20.7. The van der Waals surface area contributed by atoms with E-state index in [0.717, 1.165) is 60.7 Å². The highest BCUT2D eigenvalue weighted by molar-refractivity contribution is 9.10. The van der Waals surface area contributed by atoms with Crippen molar-refractivity contribution >= 4 is 39.1 Å². The Labute approximate surface area is 202 Å². The van der Waals surface area contributed by atoms with Gasteiger partial charge in [-0.15, -0.1) is 0 Å². The largest absolute Gasteiger partial charge is 0.497 e. The summed E-state index contributed by atoms with van der Waals surface area (Å²) in [7, 11) is 3.32. The second-order valence-corrected chi connectivity index (χ2v) is 8.79. The van der Waals surface area contributed by atoms with Crippen molar-refractivity contribution in [3.63, 3.8) is 0 Å². The van der Waals surface area contributed by atoms with Gasteiger partial charge in [-0.2, -0.15) is 0 Å². The van der Waals surface area contributed by atoms with Crippen LogP contribution in [0.3, 0.4) is 0 Å². The predicted molar refractivity (Wildman–Crippen MR) is 134 cm³/mol. The lowest BCUT2D eigenvalue weighted by molar-refractivity contribution is -0.120. The molecule has 0 unspecified atom stereocenters. The Balaban J connectivity index is 1.71. The number of carbonyl (C=O) groups is 1. The highest BCUT2D eigenvalue weighted by atomic mass is 79.9. The SMILES string of the molecule is COc1ccc2c(c1)C(CC(=O)NCc1ccco1)=C(C)/C2=C/c1cc(Br)c(C)c(OC)c1. The Morgan fingerprint density at radius 3 is 2.61 bits per heavy atom. The third kappa shape index (κ3) is 4.76. The number of amides is 1. The maximum atomic E-state index is 12.8. The number of carbonyl (C=O) groups excluding carboxylic acids is 1. The number of allylic oxidation sites excluding steroid dienone is 2. The van der Waals surface area contributed by atoms with Crippen molar-refractivity contribution in [2.24, 2.45) is 0 Å². The van der Waals surface area contributed by atoms with Gasteiger partial charge in [0.05, 0.1) is 33.4 Å². The van der Waals surface area contributed by atoms with Crippen LogP contribution in [0.1, 0.15) is 41.4 Å². The summed E-state index contributed by atoms with van der Waals surface area (Å²) in [5.74, 6) is 2.25. The Bertz CT molecular complexity index is 1260. The Morgan fingerprint density at radius 1 is 1.09 bits per heavy atom. The number of hydrogen-bond donors (Lipinski definition) is 1. The minimum atomic E-state index is -0.0597. The summed E-state index contributed by atoms with van der Waals surface area (Å²) in [6.07, 6.45) is 4.01. The zero-order valence-electron chi connectivity index (χ0n) is 19.1. The third-order valence-electron chi connectivity index (χ3n) is 5.93. The summed E-state index contributed by atoms with van der Waals surface area (Å²) in [6, 6.07) is 13.8. The van der Waals surface area contributed by atoms with Crippen molar-refractivity contribution in [3.05, 3.63) is 86.8 Å². The Hall–Kier alpha value is -3.25. The molecule has 6 heteroatoms. The Kier molecular flexibility index (Phi) is 6.75. The molecule has 0 saturated carbocycles. The van der Waals surface area contributed by atoms with Crippen molar-refractivity contribution in [2.45, 2.75) is 26.8 Å². The number of nitrogens with one attached hydrogen (secondary N) is 1. The summed E-state index contributed by atoms with van der Waals surface area (Å²) in [5, 5.41) is 2.94. The third-order valence-corrected chi connectivity index (χ3v) is 6.75. The molecule has 5 nitrogen and oxygen atoms in total. The van der Waals surface area contributed by atoms with E-state index in [1.54, 1.807) is 20.5 Å². The molecule has 33 heavy (non-hydrogen) atoms. The van der Waals surface area contributed by atoms with E-state index in [2.05, 4.69) is 46.4 Å². The van der Waals surface area contributed by atoms with Crippen molar-refractivity contribution in [1.82, 2.24) is 5.32 Å². The fourth-order valence-corrected chi connectivity index (χ4v) is 4.53.